The Kier molecular flexibility index (Phi) is 6.78. The Balaban J connectivity index is 3.80. The zero-order chi connectivity index (χ0) is 13.5. The molecule has 0 fully saturated rings. The number of esters is 1. The summed E-state index contributed by atoms with van der Waals surface area (Å²) in [5.41, 5.74) is 0.740. The molecular formula is C14H24O3. The number of ketones is 1. The molecule has 0 saturated heterocycles. The van der Waals surface area contributed by atoms with Gasteiger partial charge in [0.25, 0.3) is 0 Å². The summed E-state index contributed by atoms with van der Waals surface area (Å²) in [6.07, 6.45) is 4.13. The van der Waals surface area contributed by atoms with E-state index >= 15 is 0 Å². The van der Waals surface area contributed by atoms with Gasteiger partial charge >= 0.3 is 5.97 Å². The van der Waals surface area contributed by atoms with Gasteiger partial charge in [0.2, 0.25) is 0 Å². The molecule has 0 unspecified atom stereocenters. The molecule has 0 saturated carbocycles. The van der Waals surface area contributed by atoms with Crippen molar-refractivity contribution in [3.8, 4) is 0 Å². The van der Waals surface area contributed by atoms with E-state index < -0.39 is 11.6 Å². The lowest BCUT2D eigenvalue weighted by Gasteiger charge is -2.19. The van der Waals surface area contributed by atoms with E-state index in [1.807, 2.05) is 13.8 Å². The van der Waals surface area contributed by atoms with Gasteiger partial charge in [0.1, 0.15) is 17.8 Å². The topological polar surface area (TPSA) is 43.4 Å². The van der Waals surface area contributed by atoms with Gasteiger partial charge in [0.05, 0.1) is 0 Å². The summed E-state index contributed by atoms with van der Waals surface area (Å²) in [6.45, 7) is 9.45. The maximum atomic E-state index is 11.5. The second kappa shape index (κ2) is 7.25. The highest BCUT2D eigenvalue weighted by atomic mass is 16.6. The van der Waals surface area contributed by atoms with Crippen molar-refractivity contribution < 1.29 is 14.3 Å². The number of rotatable bonds is 6. The Bertz CT molecular complexity index is 291. The van der Waals surface area contributed by atoms with Gasteiger partial charge in [-0.25, -0.2) is 0 Å². The van der Waals surface area contributed by atoms with Gasteiger partial charge in [-0.2, -0.15) is 0 Å². The molecule has 0 aromatic rings. The number of hydrogen-bond donors (Lipinski definition) is 0. The van der Waals surface area contributed by atoms with Gasteiger partial charge in [0.15, 0.2) is 0 Å². The van der Waals surface area contributed by atoms with Gasteiger partial charge in [-0.3, -0.25) is 9.59 Å². The van der Waals surface area contributed by atoms with Crippen LogP contribution in [0, 0.1) is 0 Å². The van der Waals surface area contributed by atoms with E-state index in [1.165, 1.54) is 5.57 Å². The zero-order valence-electron chi connectivity index (χ0n) is 11.6. The third-order valence-electron chi connectivity index (χ3n) is 1.97. The maximum absolute atomic E-state index is 11.5. The van der Waals surface area contributed by atoms with Crippen LogP contribution < -0.4 is 0 Å². The lowest BCUT2D eigenvalue weighted by atomic mass is 10.1. The number of carbonyl (C=O) groups is 2. The molecule has 0 atom stereocenters. The van der Waals surface area contributed by atoms with Gasteiger partial charge in [0, 0.05) is 6.42 Å². The second-order valence-electron chi connectivity index (χ2n) is 5.48. The average molecular weight is 240 g/mol. The minimum Gasteiger partial charge on any atom is -0.460 e. The van der Waals surface area contributed by atoms with E-state index in [0.717, 1.165) is 12.8 Å². The van der Waals surface area contributed by atoms with E-state index in [2.05, 4.69) is 6.08 Å². The lowest BCUT2D eigenvalue weighted by Crippen LogP contribution is -2.25. The molecule has 0 bridgehead atoms. The molecule has 0 aliphatic heterocycles. The molecule has 0 radical (unpaired) electrons. The minimum absolute atomic E-state index is 0.0404. The van der Waals surface area contributed by atoms with Crippen LogP contribution in [0.3, 0.4) is 0 Å². The van der Waals surface area contributed by atoms with Crippen molar-refractivity contribution in [3.05, 3.63) is 11.6 Å². The minimum atomic E-state index is -0.514. The average Bonchev–Trinajstić information content (AvgIpc) is 2.08. The Morgan fingerprint density at radius 3 is 2.24 bits per heavy atom. The summed E-state index contributed by atoms with van der Waals surface area (Å²) in [7, 11) is 0. The van der Waals surface area contributed by atoms with Crippen LogP contribution in [0.5, 0.6) is 0 Å². The van der Waals surface area contributed by atoms with E-state index in [-0.39, 0.29) is 12.2 Å². The van der Waals surface area contributed by atoms with Crippen LogP contribution in [0.25, 0.3) is 0 Å². The van der Waals surface area contributed by atoms with Crippen LogP contribution in [0.15, 0.2) is 11.6 Å². The number of Topliss-reactive ketones (excluding diaryl/α,β-unsaturated/α-hetero) is 1. The molecule has 98 valence electrons. The van der Waals surface area contributed by atoms with E-state index in [9.17, 15) is 9.59 Å². The molecule has 0 aliphatic carbocycles. The maximum Gasteiger partial charge on any atom is 0.313 e. The largest absolute Gasteiger partial charge is 0.460 e. The molecule has 0 heterocycles. The van der Waals surface area contributed by atoms with Gasteiger partial charge < -0.3 is 4.74 Å². The van der Waals surface area contributed by atoms with Crippen molar-refractivity contribution in [3.63, 3.8) is 0 Å². The molecular weight excluding hydrogens is 216 g/mol. The summed E-state index contributed by atoms with van der Waals surface area (Å²) >= 11 is 0. The fraction of sp³-hybridized carbons (Fsp3) is 0.714. The smallest absolute Gasteiger partial charge is 0.313 e. The first-order valence-corrected chi connectivity index (χ1v) is 6.07. The molecule has 0 aromatic heterocycles. The van der Waals surface area contributed by atoms with Crippen LogP contribution in [-0.4, -0.2) is 17.4 Å². The van der Waals surface area contributed by atoms with E-state index in [1.54, 1.807) is 20.8 Å². The number of carbonyl (C=O) groups excluding carboxylic acids is 2. The predicted molar refractivity (Wildman–Crippen MR) is 68.8 cm³/mol. The summed E-state index contributed by atoms with van der Waals surface area (Å²) in [4.78, 5) is 22.8. The predicted octanol–water partition coefficient (Wildman–Crippen LogP) is 3.42. The Labute approximate surface area is 104 Å². The van der Waals surface area contributed by atoms with Crippen LogP contribution in [-0.2, 0) is 14.3 Å². The summed E-state index contributed by atoms with van der Waals surface area (Å²) in [5.74, 6) is -0.467. The molecule has 0 spiro atoms. The van der Waals surface area contributed by atoms with Crippen molar-refractivity contribution >= 4 is 11.8 Å². The first-order valence-electron chi connectivity index (χ1n) is 6.07. The number of unbranched alkanes of at least 4 members (excludes halogenated alkanes) is 1. The molecule has 0 aromatic carbocycles. The molecule has 0 N–H and O–H groups in total. The van der Waals surface area contributed by atoms with E-state index in [4.69, 9.17) is 4.74 Å². The monoisotopic (exact) mass is 240 g/mol. The highest BCUT2D eigenvalue weighted by Crippen LogP contribution is 2.10. The Morgan fingerprint density at radius 1 is 1.18 bits per heavy atom. The van der Waals surface area contributed by atoms with Crippen molar-refractivity contribution in [2.75, 3.05) is 0 Å². The van der Waals surface area contributed by atoms with Crippen LogP contribution in [0.1, 0.15) is 60.3 Å². The fourth-order valence-corrected chi connectivity index (χ4v) is 1.32. The van der Waals surface area contributed by atoms with Crippen LogP contribution >= 0.6 is 0 Å². The van der Waals surface area contributed by atoms with Gasteiger partial charge in [-0.15, -0.1) is 0 Å². The normalized spacial score (nSPS) is 10.9. The van der Waals surface area contributed by atoms with Crippen molar-refractivity contribution in [1.82, 2.24) is 0 Å². The quantitative estimate of drug-likeness (QED) is 0.309. The summed E-state index contributed by atoms with van der Waals surface area (Å²) in [6, 6.07) is 0. The first kappa shape index (κ1) is 15.9. The Hall–Kier alpha value is -1.12. The lowest BCUT2D eigenvalue weighted by molar-refractivity contribution is -0.156. The molecule has 17 heavy (non-hydrogen) atoms. The number of ether oxygens (including phenoxy) is 1. The fourth-order valence-electron chi connectivity index (χ4n) is 1.32. The van der Waals surface area contributed by atoms with Crippen molar-refractivity contribution in [2.45, 2.75) is 65.9 Å². The first-order chi connectivity index (χ1) is 7.70. The standard InChI is InChI=1S/C14H24O3/c1-11(2)8-6-7-9-12(15)10-13(16)17-14(3,4)5/h8H,6-7,9-10H2,1-5H3. The molecule has 3 nitrogen and oxygen atoms in total. The highest BCUT2D eigenvalue weighted by molar-refractivity contribution is 5.95. The summed E-state index contributed by atoms with van der Waals surface area (Å²) < 4.78 is 5.08. The van der Waals surface area contributed by atoms with E-state index in [0.29, 0.717) is 6.42 Å². The third-order valence-corrected chi connectivity index (χ3v) is 1.97. The molecule has 0 rings (SSSR count). The van der Waals surface area contributed by atoms with Gasteiger partial charge in [-0.1, -0.05) is 11.6 Å². The van der Waals surface area contributed by atoms with Crippen molar-refractivity contribution in [1.29, 1.82) is 0 Å². The third kappa shape index (κ3) is 11.1. The van der Waals surface area contributed by atoms with Crippen LogP contribution in [0.4, 0.5) is 0 Å². The highest BCUT2D eigenvalue weighted by Gasteiger charge is 2.18. The zero-order valence-corrected chi connectivity index (χ0v) is 11.6. The van der Waals surface area contributed by atoms with Gasteiger partial charge in [-0.05, 0) is 47.5 Å². The SMILES string of the molecule is CC(C)=CCCCC(=O)CC(=O)OC(C)(C)C. The number of allylic oxidation sites excluding steroid dienone is 2. The number of hydrogen-bond acceptors (Lipinski definition) is 3. The molecule has 0 amide bonds. The summed E-state index contributed by atoms with van der Waals surface area (Å²) in [5, 5.41) is 0. The van der Waals surface area contributed by atoms with Crippen LogP contribution in [0.2, 0.25) is 0 Å². The molecule has 3 heteroatoms. The second-order valence-corrected chi connectivity index (χ2v) is 5.48. The molecule has 0 aliphatic rings. The van der Waals surface area contributed by atoms with Crippen molar-refractivity contribution in [2.24, 2.45) is 0 Å². The Morgan fingerprint density at radius 2 is 1.76 bits per heavy atom.